The molecule has 1 aromatic carbocycles. The number of fused-ring (bicyclic) bond motifs is 1. The summed E-state index contributed by atoms with van der Waals surface area (Å²) in [6, 6.07) is 12.7. The largest absolute Gasteiger partial charge is 0.378 e. The molecule has 0 aliphatic carbocycles. The highest BCUT2D eigenvalue weighted by molar-refractivity contribution is 7.92. The van der Waals surface area contributed by atoms with E-state index < -0.39 is 15.1 Å². The maximum Gasteiger partial charge on any atom is 0.229 e. The summed E-state index contributed by atoms with van der Waals surface area (Å²) in [6.07, 6.45) is 1.75. The first kappa shape index (κ1) is 23.5. The molecule has 0 spiro atoms. The van der Waals surface area contributed by atoms with Crippen molar-refractivity contribution in [3.05, 3.63) is 54.0 Å². The van der Waals surface area contributed by atoms with Gasteiger partial charge in [-0.1, -0.05) is 12.1 Å². The van der Waals surface area contributed by atoms with E-state index >= 15 is 0 Å². The lowest BCUT2D eigenvalue weighted by Gasteiger charge is -2.27. The number of nitrogens with one attached hydrogen (secondary N) is 2. The van der Waals surface area contributed by atoms with Crippen LogP contribution in [0.3, 0.4) is 0 Å². The number of anilines is 5. The zero-order chi connectivity index (χ0) is 24.4. The van der Waals surface area contributed by atoms with Crippen molar-refractivity contribution in [1.29, 1.82) is 0 Å². The van der Waals surface area contributed by atoms with Crippen LogP contribution in [0.4, 0.5) is 29.0 Å². The van der Waals surface area contributed by atoms with Gasteiger partial charge in [-0.05, 0) is 49.6 Å². The van der Waals surface area contributed by atoms with Crippen molar-refractivity contribution in [3.8, 4) is 0 Å². The van der Waals surface area contributed by atoms with Crippen molar-refractivity contribution in [1.82, 2.24) is 15.0 Å². The molecule has 0 amide bonds. The first-order valence-electron chi connectivity index (χ1n) is 11.3. The monoisotopic (exact) mass is 510 g/mol. The number of ether oxygens (including phenoxy) is 1. The van der Waals surface area contributed by atoms with Crippen LogP contribution in [0.25, 0.3) is 10.2 Å². The van der Waals surface area contributed by atoms with Gasteiger partial charge in [0.1, 0.15) is 5.82 Å². The quantitative estimate of drug-likeness (QED) is 0.369. The second kappa shape index (κ2) is 9.76. The molecule has 1 saturated heterocycles. The molecule has 1 aliphatic rings. The fraction of sp³-hybridized carbons (Fsp3) is 0.292. The van der Waals surface area contributed by atoms with Gasteiger partial charge in [0.2, 0.25) is 5.95 Å². The summed E-state index contributed by atoms with van der Waals surface area (Å²) in [5, 5.41) is 7.87. The Labute approximate surface area is 208 Å². The predicted molar refractivity (Wildman–Crippen MR) is 140 cm³/mol. The van der Waals surface area contributed by atoms with Gasteiger partial charge in [0.25, 0.3) is 0 Å². The molecule has 0 atom stereocenters. The van der Waals surface area contributed by atoms with Crippen molar-refractivity contribution in [2.24, 2.45) is 0 Å². The van der Waals surface area contributed by atoms with E-state index in [1.807, 2.05) is 23.6 Å². The van der Waals surface area contributed by atoms with Crippen LogP contribution in [0.15, 0.2) is 58.9 Å². The van der Waals surface area contributed by atoms with Crippen LogP contribution in [0, 0.1) is 0 Å². The Morgan fingerprint density at radius 1 is 1.03 bits per heavy atom. The van der Waals surface area contributed by atoms with Crippen LogP contribution in [-0.4, -0.2) is 54.9 Å². The van der Waals surface area contributed by atoms with E-state index in [-0.39, 0.29) is 4.90 Å². The number of aromatic nitrogens is 3. The Morgan fingerprint density at radius 3 is 2.57 bits per heavy atom. The molecule has 4 aromatic rings. The standard InChI is InChI=1S/C24H26N6O3S2/c1-16(2)35(31,32)20-6-4-3-5-18(20)27-23-22-19(9-14-34-22)28-24(29-23)26-17-7-8-21(25-15-17)30-10-12-33-13-11-30/h3-9,14-16H,10-13H2,1-2H3,(H2,26,27,28,29). The van der Waals surface area contributed by atoms with E-state index in [0.29, 0.717) is 30.7 Å². The van der Waals surface area contributed by atoms with Gasteiger partial charge in [-0.3, -0.25) is 0 Å². The number of pyridine rings is 1. The van der Waals surface area contributed by atoms with Gasteiger partial charge in [0.15, 0.2) is 15.7 Å². The predicted octanol–water partition coefficient (Wildman–Crippen LogP) is 4.59. The Hall–Kier alpha value is -3.28. The smallest absolute Gasteiger partial charge is 0.229 e. The lowest BCUT2D eigenvalue weighted by atomic mass is 10.3. The molecule has 0 radical (unpaired) electrons. The van der Waals surface area contributed by atoms with E-state index in [0.717, 1.165) is 34.8 Å². The number of hydrogen-bond donors (Lipinski definition) is 2. The second-order valence-corrected chi connectivity index (χ2v) is 11.8. The SMILES string of the molecule is CC(C)S(=O)(=O)c1ccccc1Nc1nc(Nc2ccc(N3CCOCC3)nc2)nc2ccsc12. The maximum atomic E-state index is 12.9. The van der Waals surface area contributed by atoms with Crippen LogP contribution in [-0.2, 0) is 14.6 Å². The van der Waals surface area contributed by atoms with Gasteiger partial charge in [-0.25, -0.2) is 18.4 Å². The van der Waals surface area contributed by atoms with E-state index in [2.05, 4.69) is 30.5 Å². The summed E-state index contributed by atoms with van der Waals surface area (Å²) >= 11 is 1.49. The topological polar surface area (TPSA) is 109 Å². The number of nitrogens with zero attached hydrogens (tertiary/aromatic N) is 4. The summed E-state index contributed by atoms with van der Waals surface area (Å²) in [5.41, 5.74) is 2.00. The average Bonchev–Trinajstić information content (AvgIpc) is 3.34. The lowest BCUT2D eigenvalue weighted by molar-refractivity contribution is 0.122. The average molecular weight is 511 g/mol. The molecule has 0 unspecified atom stereocenters. The molecule has 0 saturated carbocycles. The van der Waals surface area contributed by atoms with Crippen molar-refractivity contribution in [2.75, 3.05) is 41.8 Å². The minimum atomic E-state index is -3.48. The molecule has 1 aliphatic heterocycles. The Kier molecular flexibility index (Phi) is 6.54. The Morgan fingerprint density at radius 2 is 1.83 bits per heavy atom. The van der Waals surface area contributed by atoms with Crippen LogP contribution in [0.5, 0.6) is 0 Å². The van der Waals surface area contributed by atoms with Crippen molar-refractivity contribution in [3.63, 3.8) is 0 Å². The highest BCUT2D eigenvalue weighted by Gasteiger charge is 2.23. The van der Waals surface area contributed by atoms with Gasteiger partial charge in [-0.15, -0.1) is 11.3 Å². The van der Waals surface area contributed by atoms with Crippen molar-refractivity contribution < 1.29 is 13.2 Å². The molecule has 182 valence electrons. The van der Waals surface area contributed by atoms with Gasteiger partial charge in [0, 0.05) is 13.1 Å². The summed E-state index contributed by atoms with van der Waals surface area (Å²) in [7, 11) is -3.48. The molecule has 2 N–H and O–H groups in total. The fourth-order valence-corrected chi connectivity index (χ4v) is 5.75. The van der Waals surface area contributed by atoms with E-state index in [1.165, 1.54) is 11.3 Å². The molecule has 1 fully saturated rings. The fourth-order valence-electron chi connectivity index (χ4n) is 3.77. The summed E-state index contributed by atoms with van der Waals surface area (Å²) in [5.74, 6) is 1.83. The number of morpholine rings is 1. The van der Waals surface area contributed by atoms with E-state index in [9.17, 15) is 8.42 Å². The molecule has 35 heavy (non-hydrogen) atoms. The summed E-state index contributed by atoms with van der Waals surface area (Å²) in [4.78, 5) is 16.3. The number of hydrogen-bond acceptors (Lipinski definition) is 10. The van der Waals surface area contributed by atoms with E-state index in [1.54, 1.807) is 44.3 Å². The zero-order valence-corrected chi connectivity index (χ0v) is 21.1. The molecular weight excluding hydrogens is 484 g/mol. The maximum absolute atomic E-state index is 12.9. The normalized spacial score (nSPS) is 14.4. The van der Waals surface area contributed by atoms with Gasteiger partial charge in [-0.2, -0.15) is 4.98 Å². The Balaban J connectivity index is 1.44. The van der Waals surface area contributed by atoms with E-state index in [4.69, 9.17) is 4.74 Å². The third kappa shape index (κ3) is 4.93. The highest BCUT2D eigenvalue weighted by Crippen LogP contribution is 2.33. The number of thiophene rings is 1. The summed E-state index contributed by atoms with van der Waals surface area (Å²) in [6.45, 7) is 6.39. The molecular formula is C24H26N6O3S2. The van der Waals surface area contributed by atoms with Crippen molar-refractivity contribution in [2.45, 2.75) is 24.0 Å². The molecule has 4 heterocycles. The van der Waals surface area contributed by atoms with Gasteiger partial charge in [0.05, 0.1) is 51.1 Å². The third-order valence-electron chi connectivity index (χ3n) is 5.71. The molecule has 11 heteroatoms. The van der Waals surface area contributed by atoms with Gasteiger partial charge >= 0.3 is 0 Å². The zero-order valence-electron chi connectivity index (χ0n) is 19.4. The van der Waals surface area contributed by atoms with Crippen LogP contribution in [0.1, 0.15) is 13.8 Å². The summed E-state index contributed by atoms with van der Waals surface area (Å²) < 4.78 is 32.1. The molecule has 9 nitrogen and oxygen atoms in total. The number of sulfone groups is 1. The first-order valence-corrected chi connectivity index (χ1v) is 13.8. The minimum absolute atomic E-state index is 0.246. The van der Waals surface area contributed by atoms with Gasteiger partial charge < -0.3 is 20.3 Å². The minimum Gasteiger partial charge on any atom is -0.378 e. The van der Waals surface area contributed by atoms with Crippen LogP contribution < -0.4 is 15.5 Å². The second-order valence-electron chi connectivity index (χ2n) is 8.38. The number of para-hydroxylation sites is 1. The molecule has 5 rings (SSSR count). The molecule has 3 aromatic heterocycles. The van der Waals surface area contributed by atoms with Crippen LogP contribution >= 0.6 is 11.3 Å². The number of benzene rings is 1. The third-order valence-corrected chi connectivity index (χ3v) is 8.83. The highest BCUT2D eigenvalue weighted by atomic mass is 32.2. The molecule has 0 bridgehead atoms. The number of rotatable bonds is 7. The Bertz CT molecular complexity index is 1430. The van der Waals surface area contributed by atoms with Crippen LogP contribution in [0.2, 0.25) is 0 Å². The van der Waals surface area contributed by atoms with Crippen molar-refractivity contribution >= 4 is 60.3 Å². The lowest BCUT2D eigenvalue weighted by Crippen LogP contribution is -2.36. The first-order chi connectivity index (χ1) is 16.9.